The van der Waals surface area contributed by atoms with Crippen molar-refractivity contribution in [1.82, 2.24) is 0 Å². The first-order chi connectivity index (χ1) is 6.15. The van der Waals surface area contributed by atoms with E-state index in [2.05, 4.69) is 4.74 Å². The Bertz CT molecular complexity index is 274. The first-order valence-corrected chi connectivity index (χ1v) is 3.46. The number of rotatable bonds is 1. The molecule has 0 aromatic heterocycles. The van der Waals surface area contributed by atoms with Crippen LogP contribution in [0.2, 0.25) is 0 Å². The van der Waals surface area contributed by atoms with Gasteiger partial charge in [0, 0.05) is 19.8 Å². The standard InChI is InChI=1S/C7H4F2O.C2H6O/c8-6-2-1-5(4-10)3-7(6)9;1-3-2/h1-4H;1-2H3. The molecule has 0 N–H and O–H groups in total. The van der Waals surface area contributed by atoms with Gasteiger partial charge in [-0.1, -0.05) is 0 Å². The van der Waals surface area contributed by atoms with Crippen molar-refractivity contribution in [1.29, 1.82) is 0 Å². The third-order valence-electron chi connectivity index (χ3n) is 1.08. The van der Waals surface area contributed by atoms with Gasteiger partial charge in [-0.2, -0.15) is 0 Å². The first kappa shape index (κ1) is 11.7. The van der Waals surface area contributed by atoms with E-state index in [4.69, 9.17) is 0 Å². The summed E-state index contributed by atoms with van der Waals surface area (Å²) in [6.07, 6.45) is 0.461. The van der Waals surface area contributed by atoms with Crippen molar-refractivity contribution >= 4 is 6.29 Å². The van der Waals surface area contributed by atoms with Crippen molar-refractivity contribution in [2.45, 2.75) is 0 Å². The zero-order chi connectivity index (χ0) is 10.3. The van der Waals surface area contributed by atoms with Gasteiger partial charge in [-0.25, -0.2) is 8.78 Å². The number of ether oxygens (including phenoxy) is 1. The van der Waals surface area contributed by atoms with Crippen LogP contribution in [0.25, 0.3) is 0 Å². The van der Waals surface area contributed by atoms with Crippen LogP contribution in [0.3, 0.4) is 0 Å². The molecule has 0 spiro atoms. The van der Waals surface area contributed by atoms with Crippen molar-refractivity contribution in [3.05, 3.63) is 35.4 Å². The molecular formula is C9H10F2O2. The molecule has 0 radical (unpaired) electrons. The van der Waals surface area contributed by atoms with Crippen molar-refractivity contribution in [2.75, 3.05) is 14.2 Å². The van der Waals surface area contributed by atoms with Crippen molar-refractivity contribution in [3.8, 4) is 0 Å². The van der Waals surface area contributed by atoms with Crippen LogP contribution in [0.5, 0.6) is 0 Å². The zero-order valence-electron chi connectivity index (χ0n) is 7.38. The number of methoxy groups -OCH3 is 1. The molecule has 0 saturated carbocycles. The molecule has 0 atom stereocenters. The van der Waals surface area contributed by atoms with Gasteiger partial charge in [0.25, 0.3) is 0 Å². The summed E-state index contributed by atoms with van der Waals surface area (Å²) in [5.41, 5.74) is 0.138. The van der Waals surface area contributed by atoms with Gasteiger partial charge in [0.15, 0.2) is 11.6 Å². The number of hydrogen-bond acceptors (Lipinski definition) is 2. The second-order valence-electron chi connectivity index (χ2n) is 2.20. The van der Waals surface area contributed by atoms with Gasteiger partial charge >= 0.3 is 0 Å². The second kappa shape index (κ2) is 6.25. The van der Waals surface area contributed by atoms with Gasteiger partial charge in [-0.15, -0.1) is 0 Å². The smallest absolute Gasteiger partial charge is 0.159 e. The maximum absolute atomic E-state index is 12.2. The van der Waals surface area contributed by atoms with E-state index in [0.717, 1.165) is 12.1 Å². The largest absolute Gasteiger partial charge is 0.388 e. The molecular weight excluding hydrogens is 178 g/mol. The number of carbonyl (C=O) groups excluding carboxylic acids is 1. The Kier molecular flexibility index (Phi) is 5.63. The summed E-state index contributed by atoms with van der Waals surface area (Å²) in [5.74, 6) is -1.94. The highest BCUT2D eigenvalue weighted by Crippen LogP contribution is 2.06. The summed E-state index contributed by atoms with van der Waals surface area (Å²) in [5, 5.41) is 0. The van der Waals surface area contributed by atoms with E-state index in [-0.39, 0.29) is 5.56 Å². The average Bonchev–Trinajstić information content (AvgIpc) is 2.11. The Labute approximate surface area is 75.1 Å². The van der Waals surface area contributed by atoms with Gasteiger partial charge in [-0.05, 0) is 18.2 Å². The van der Waals surface area contributed by atoms with Crippen molar-refractivity contribution in [3.63, 3.8) is 0 Å². The van der Waals surface area contributed by atoms with Crippen LogP contribution in [-0.2, 0) is 4.74 Å². The van der Waals surface area contributed by atoms with Crippen LogP contribution in [0, 0.1) is 11.6 Å². The summed E-state index contributed by atoms with van der Waals surface area (Å²) in [6, 6.07) is 2.98. The van der Waals surface area contributed by atoms with E-state index in [0.29, 0.717) is 6.29 Å². The number of halogens is 2. The molecule has 0 aliphatic rings. The van der Waals surface area contributed by atoms with Gasteiger partial charge in [0.1, 0.15) is 6.29 Å². The lowest BCUT2D eigenvalue weighted by molar-refractivity contribution is 0.112. The van der Waals surface area contributed by atoms with Crippen molar-refractivity contribution in [2.24, 2.45) is 0 Å². The highest BCUT2D eigenvalue weighted by atomic mass is 19.2. The van der Waals surface area contributed by atoms with Gasteiger partial charge in [-0.3, -0.25) is 4.79 Å². The molecule has 1 aromatic rings. The van der Waals surface area contributed by atoms with E-state index in [1.807, 2.05) is 0 Å². The molecule has 0 heterocycles. The maximum Gasteiger partial charge on any atom is 0.159 e. The molecule has 0 unspecified atom stereocenters. The van der Waals surface area contributed by atoms with Crippen LogP contribution < -0.4 is 0 Å². The van der Waals surface area contributed by atoms with Crippen LogP contribution in [-0.4, -0.2) is 20.5 Å². The SMILES string of the molecule is COC.O=Cc1ccc(F)c(F)c1. The van der Waals surface area contributed by atoms with Crippen LogP contribution in [0.1, 0.15) is 10.4 Å². The van der Waals surface area contributed by atoms with E-state index < -0.39 is 11.6 Å². The van der Waals surface area contributed by atoms with Gasteiger partial charge in [0.2, 0.25) is 0 Å². The van der Waals surface area contributed by atoms with E-state index >= 15 is 0 Å². The van der Waals surface area contributed by atoms with E-state index in [1.165, 1.54) is 6.07 Å². The van der Waals surface area contributed by atoms with E-state index in [1.54, 1.807) is 14.2 Å². The third-order valence-corrected chi connectivity index (χ3v) is 1.08. The molecule has 2 nitrogen and oxygen atoms in total. The number of benzene rings is 1. The molecule has 72 valence electrons. The van der Waals surface area contributed by atoms with Gasteiger partial charge in [0.05, 0.1) is 0 Å². The predicted octanol–water partition coefficient (Wildman–Crippen LogP) is 2.04. The fourth-order valence-electron chi connectivity index (χ4n) is 0.586. The molecule has 1 aromatic carbocycles. The molecule has 0 bridgehead atoms. The highest BCUT2D eigenvalue weighted by Gasteiger charge is 1.99. The summed E-state index contributed by atoms with van der Waals surface area (Å²) in [4.78, 5) is 9.98. The van der Waals surface area contributed by atoms with Crippen LogP contribution in [0.15, 0.2) is 18.2 Å². The van der Waals surface area contributed by atoms with Crippen LogP contribution in [0.4, 0.5) is 8.78 Å². The zero-order valence-corrected chi connectivity index (χ0v) is 7.38. The summed E-state index contributed by atoms with van der Waals surface area (Å²) < 4.78 is 28.6. The predicted molar refractivity (Wildman–Crippen MR) is 44.7 cm³/mol. The lowest BCUT2D eigenvalue weighted by Crippen LogP contribution is -1.86. The molecule has 4 heteroatoms. The summed E-state index contributed by atoms with van der Waals surface area (Å²) in [7, 11) is 3.25. The van der Waals surface area contributed by atoms with Crippen LogP contribution >= 0.6 is 0 Å². The fraction of sp³-hybridized carbons (Fsp3) is 0.222. The Morgan fingerprint density at radius 1 is 1.23 bits per heavy atom. The highest BCUT2D eigenvalue weighted by molar-refractivity contribution is 5.74. The monoisotopic (exact) mass is 188 g/mol. The minimum atomic E-state index is -0.996. The topological polar surface area (TPSA) is 26.3 Å². The number of carbonyl (C=O) groups is 1. The molecule has 13 heavy (non-hydrogen) atoms. The average molecular weight is 188 g/mol. The third kappa shape index (κ3) is 4.32. The summed E-state index contributed by atoms with van der Waals surface area (Å²) in [6.45, 7) is 0. The van der Waals surface area contributed by atoms with Crippen molar-refractivity contribution < 1.29 is 18.3 Å². The molecule has 0 amide bonds. The fourth-order valence-corrected chi connectivity index (χ4v) is 0.586. The lowest BCUT2D eigenvalue weighted by atomic mass is 10.2. The Balaban J connectivity index is 0.000000424. The quantitative estimate of drug-likeness (QED) is 0.630. The second-order valence-corrected chi connectivity index (χ2v) is 2.20. The maximum atomic E-state index is 12.2. The normalized spacial score (nSPS) is 8.62. The number of aldehydes is 1. The molecule has 0 fully saturated rings. The molecule has 1 rings (SSSR count). The molecule has 0 saturated heterocycles. The minimum absolute atomic E-state index is 0.138. The van der Waals surface area contributed by atoms with E-state index in [9.17, 15) is 13.6 Å². The Hall–Kier alpha value is -1.29. The summed E-state index contributed by atoms with van der Waals surface area (Å²) >= 11 is 0. The first-order valence-electron chi connectivity index (χ1n) is 3.46. The Morgan fingerprint density at radius 2 is 1.77 bits per heavy atom. The number of hydrogen-bond donors (Lipinski definition) is 0. The molecule has 0 aliphatic carbocycles. The minimum Gasteiger partial charge on any atom is -0.388 e. The molecule has 0 aliphatic heterocycles. The Morgan fingerprint density at radius 3 is 2.15 bits per heavy atom. The lowest BCUT2D eigenvalue weighted by Gasteiger charge is -1.91. The van der Waals surface area contributed by atoms with Gasteiger partial charge < -0.3 is 4.74 Å².